The molecule has 0 N–H and O–H groups in total. The molecule has 1 atom stereocenters. The molecule has 0 fully saturated rings. The van der Waals surface area contributed by atoms with Crippen molar-refractivity contribution in [2.45, 2.75) is 18.9 Å². The number of halogens is 3. The van der Waals surface area contributed by atoms with E-state index in [-0.39, 0.29) is 12.7 Å². The standard InChI is InChI=1S/C23H19F3O/c24-23(25,26)21-14-11-19(12-15-21)17-27-22(20-9-5-2-6-10-20)16-13-18-7-3-1-4-8-18/h1-16,22H,17H2/b16-13+/t22-/m0/s1. The Balaban J connectivity index is 1.73. The first kappa shape index (κ1) is 18.9. The molecular formula is C23H19F3O. The van der Waals surface area contributed by atoms with Gasteiger partial charge in [0.1, 0.15) is 6.10 Å². The zero-order valence-corrected chi connectivity index (χ0v) is 14.6. The van der Waals surface area contributed by atoms with Crippen LogP contribution in [-0.2, 0) is 17.5 Å². The van der Waals surface area contributed by atoms with Gasteiger partial charge in [-0.25, -0.2) is 0 Å². The molecule has 0 saturated heterocycles. The molecule has 138 valence electrons. The van der Waals surface area contributed by atoms with Gasteiger partial charge in [-0.2, -0.15) is 13.2 Å². The highest BCUT2D eigenvalue weighted by molar-refractivity contribution is 5.50. The fraction of sp³-hybridized carbons (Fsp3) is 0.130. The van der Waals surface area contributed by atoms with Crippen molar-refractivity contribution in [3.8, 4) is 0 Å². The molecule has 0 amide bonds. The van der Waals surface area contributed by atoms with Crippen LogP contribution in [-0.4, -0.2) is 0 Å². The van der Waals surface area contributed by atoms with Gasteiger partial charge in [0.15, 0.2) is 0 Å². The van der Waals surface area contributed by atoms with Crippen molar-refractivity contribution < 1.29 is 17.9 Å². The number of benzene rings is 3. The Morgan fingerprint density at radius 3 is 1.96 bits per heavy atom. The lowest BCUT2D eigenvalue weighted by Gasteiger charge is -2.15. The third kappa shape index (κ3) is 5.56. The van der Waals surface area contributed by atoms with E-state index >= 15 is 0 Å². The third-order valence-electron chi connectivity index (χ3n) is 4.10. The van der Waals surface area contributed by atoms with Crippen LogP contribution in [0.3, 0.4) is 0 Å². The summed E-state index contributed by atoms with van der Waals surface area (Å²) in [5, 5.41) is 0. The summed E-state index contributed by atoms with van der Waals surface area (Å²) in [6, 6.07) is 24.6. The van der Waals surface area contributed by atoms with E-state index in [2.05, 4.69) is 0 Å². The molecule has 0 unspecified atom stereocenters. The van der Waals surface area contributed by atoms with Gasteiger partial charge >= 0.3 is 6.18 Å². The summed E-state index contributed by atoms with van der Waals surface area (Å²) in [4.78, 5) is 0. The van der Waals surface area contributed by atoms with Crippen molar-refractivity contribution >= 4 is 6.08 Å². The number of hydrogen-bond donors (Lipinski definition) is 0. The normalized spacial score (nSPS) is 13.0. The van der Waals surface area contributed by atoms with E-state index in [1.54, 1.807) is 0 Å². The number of ether oxygens (including phenoxy) is 1. The summed E-state index contributed by atoms with van der Waals surface area (Å²) in [6.07, 6.45) is -0.697. The maximum absolute atomic E-state index is 12.7. The Hall–Kier alpha value is -2.85. The highest BCUT2D eigenvalue weighted by atomic mass is 19.4. The summed E-state index contributed by atoms with van der Waals surface area (Å²) in [5.41, 5.74) is 2.07. The molecule has 0 heterocycles. The molecule has 0 aliphatic rings. The largest absolute Gasteiger partial charge is 0.416 e. The number of alkyl halides is 3. The first-order chi connectivity index (χ1) is 13.0. The Bertz CT molecular complexity index is 854. The van der Waals surface area contributed by atoms with E-state index in [0.29, 0.717) is 5.56 Å². The molecule has 0 aromatic heterocycles. The molecule has 0 saturated carbocycles. The molecule has 1 nitrogen and oxygen atoms in total. The minimum absolute atomic E-state index is 0.219. The van der Waals surface area contributed by atoms with Gasteiger partial charge < -0.3 is 4.74 Å². The molecule has 3 aromatic carbocycles. The van der Waals surface area contributed by atoms with Crippen LogP contribution in [0.15, 0.2) is 91.0 Å². The van der Waals surface area contributed by atoms with Crippen LogP contribution < -0.4 is 0 Å². The maximum Gasteiger partial charge on any atom is 0.416 e. The highest BCUT2D eigenvalue weighted by Crippen LogP contribution is 2.29. The topological polar surface area (TPSA) is 9.23 Å². The zero-order chi connectivity index (χ0) is 19.1. The fourth-order valence-electron chi connectivity index (χ4n) is 2.64. The molecule has 4 heteroatoms. The van der Waals surface area contributed by atoms with E-state index in [1.165, 1.54) is 12.1 Å². The SMILES string of the molecule is FC(F)(F)c1ccc(CO[C@@H](/C=C/c2ccccc2)c2ccccc2)cc1. The Morgan fingerprint density at radius 2 is 1.37 bits per heavy atom. The monoisotopic (exact) mass is 368 g/mol. The summed E-state index contributed by atoms with van der Waals surface area (Å²) >= 11 is 0. The molecular weight excluding hydrogens is 349 g/mol. The second-order valence-electron chi connectivity index (χ2n) is 6.11. The minimum atomic E-state index is -4.33. The van der Waals surface area contributed by atoms with Crippen molar-refractivity contribution in [3.63, 3.8) is 0 Å². The molecule has 0 aliphatic heterocycles. The van der Waals surface area contributed by atoms with Crippen molar-refractivity contribution in [1.82, 2.24) is 0 Å². The van der Waals surface area contributed by atoms with Crippen LogP contribution in [0.1, 0.15) is 28.4 Å². The van der Waals surface area contributed by atoms with E-state index in [9.17, 15) is 13.2 Å². The highest BCUT2D eigenvalue weighted by Gasteiger charge is 2.29. The average molecular weight is 368 g/mol. The van der Waals surface area contributed by atoms with E-state index in [1.807, 2.05) is 72.8 Å². The van der Waals surface area contributed by atoms with Crippen molar-refractivity contribution in [1.29, 1.82) is 0 Å². The average Bonchev–Trinajstić information content (AvgIpc) is 2.69. The predicted molar refractivity (Wildman–Crippen MR) is 101 cm³/mol. The third-order valence-corrected chi connectivity index (χ3v) is 4.10. The van der Waals surface area contributed by atoms with Gasteiger partial charge in [0.25, 0.3) is 0 Å². The van der Waals surface area contributed by atoms with Crippen LogP contribution in [0.4, 0.5) is 13.2 Å². The van der Waals surface area contributed by atoms with Gasteiger partial charge in [0.2, 0.25) is 0 Å². The van der Waals surface area contributed by atoms with E-state index < -0.39 is 11.7 Å². The van der Waals surface area contributed by atoms with Crippen LogP contribution >= 0.6 is 0 Å². The van der Waals surface area contributed by atoms with Gasteiger partial charge in [-0.1, -0.05) is 84.9 Å². The fourth-order valence-corrected chi connectivity index (χ4v) is 2.64. The minimum Gasteiger partial charge on any atom is -0.365 e. The molecule has 0 bridgehead atoms. The molecule has 0 spiro atoms. The van der Waals surface area contributed by atoms with Crippen LogP contribution in [0.5, 0.6) is 0 Å². The van der Waals surface area contributed by atoms with Gasteiger partial charge in [0, 0.05) is 0 Å². The van der Waals surface area contributed by atoms with Crippen molar-refractivity contribution in [3.05, 3.63) is 113 Å². The van der Waals surface area contributed by atoms with Crippen molar-refractivity contribution in [2.75, 3.05) is 0 Å². The summed E-state index contributed by atoms with van der Waals surface area (Å²) in [5.74, 6) is 0. The zero-order valence-electron chi connectivity index (χ0n) is 14.6. The lowest BCUT2D eigenvalue weighted by atomic mass is 10.1. The van der Waals surface area contributed by atoms with Crippen LogP contribution in [0.25, 0.3) is 6.08 Å². The molecule has 3 rings (SSSR count). The molecule has 0 radical (unpaired) electrons. The van der Waals surface area contributed by atoms with Gasteiger partial charge in [0.05, 0.1) is 12.2 Å². The lowest BCUT2D eigenvalue weighted by Crippen LogP contribution is -2.05. The Labute approximate surface area is 156 Å². The van der Waals surface area contributed by atoms with Gasteiger partial charge in [-0.15, -0.1) is 0 Å². The lowest BCUT2D eigenvalue weighted by molar-refractivity contribution is -0.137. The Morgan fingerprint density at radius 1 is 0.778 bits per heavy atom. The second-order valence-corrected chi connectivity index (χ2v) is 6.11. The predicted octanol–water partition coefficient (Wildman–Crippen LogP) is 6.68. The molecule has 0 aliphatic carbocycles. The summed E-state index contributed by atoms with van der Waals surface area (Å²) in [7, 11) is 0. The maximum atomic E-state index is 12.7. The summed E-state index contributed by atoms with van der Waals surface area (Å²) < 4.78 is 44.0. The van der Waals surface area contributed by atoms with E-state index in [4.69, 9.17) is 4.74 Å². The number of rotatable bonds is 6. The smallest absolute Gasteiger partial charge is 0.365 e. The van der Waals surface area contributed by atoms with Gasteiger partial charge in [-0.3, -0.25) is 0 Å². The molecule has 27 heavy (non-hydrogen) atoms. The second kappa shape index (κ2) is 8.69. The summed E-state index contributed by atoms with van der Waals surface area (Å²) in [6.45, 7) is 0.219. The molecule has 3 aromatic rings. The van der Waals surface area contributed by atoms with Crippen molar-refractivity contribution in [2.24, 2.45) is 0 Å². The first-order valence-electron chi connectivity index (χ1n) is 8.58. The Kier molecular flexibility index (Phi) is 6.09. The first-order valence-corrected chi connectivity index (χ1v) is 8.58. The number of hydrogen-bond acceptors (Lipinski definition) is 1. The quantitative estimate of drug-likeness (QED) is 0.472. The van der Waals surface area contributed by atoms with Gasteiger partial charge in [-0.05, 0) is 28.8 Å². The van der Waals surface area contributed by atoms with E-state index in [0.717, 1.165) is 23.3 Å². The van der Waals surface area contributed by atoms with Crippen LogP contribution in [0.2, 0.25) is 0 Å². The van der Waals surface area contributed by atoms with Crippen LogP contribution in [0, 0.1) is 0 Å².